The van der Waals surface area contributed by atoms with E-state index in [1.165, 1.54) is 11.3 Å². The summed E-state index contributed by atoms with van der Waals surface area (Å²) in [7, 11) is 0. The topological polar surface area (TPSA) is 76.9 Å². The third kappa shape index (κ3) is 3.20. The lowest BCUT2D eigenvalue weighted by Gasteiger charge is -2.12. The van der Waals surface area contributed by atoms with Crippen molar-refractivity contribution in [3.63, 3.8) is 0 Å². The van der Waals surface area contributed by atoms with E-state index in [9.17, 15) is 9.59 Å². The number of carbonyl (C=O) groups excluding carboxylic acids is 1. The lowest BCUT2D eigenvalue weighted by Crippen LogP contribution is -2.22. The molecule has 0 atom stereocenters. The molecule has 1 N–H and O–H groups in total. The van der Waals surface area contributed by atoms with Gasteiger partial charge in [0, 0.05) is 5.69 Å². The minimum absolute atomic E-state index is 0.138. The summed E-state index contributed by atoms with van der Waals surface area (Å²) in [4.78, 5) is 35.0. The third-order valence-electron chi connectivity index (χ3n) is 4.42. The van der Waals surface area contributed by atoms with Gasteiger partial charge in [0.2, 0.25) is 0 Å². The molecule has 4 aromatic rings. The molecule has 7 heteroatoms. The van der Waals surface area contributed by atoms with Crippen molar-refractivity contribution in [1.82, 2.24) is 14.5 Å². The Labute approximate surface area is 165 Å². The van der Waals surface area contributed by atoms with Gasteiger partial charge in [-0.3, -0.25) is 14.2 Å². The zero-order valence-corrected chi connectivity index (χ0v) is 16.5. The van der Waals surface area contributed by atoms with Crippen molar-refractivity contribution in [2.24, 2.45) is 0 Å². The second kappa shape index (κ2) is 7.01. The van der Waals surface area contributed by atoms with Gasteiger partial charge in [-0.15, -0.1) is 11.3 Å². The number of amides is 1. The van der Waals surface area contributed by atoms with Crippen LogP contribution < -0.4 is 10.9 Å². The summed E-state index contributed by atoms with van der Waals surface area (Å²) >= 11 is 1.36. The molecule has 0 aliphatic heterocycles. The first-order chi connectivity index (χ1) is 13.4. The molecular formula is C21H18N4O2S. The van der Waals surface area contributed by atoms with Crippen molar-refractivity contribution in [3.8, 4) is 5.69 Å². The van der Waals surface area contributed by atoms with Gasteiger partial charge < -0.3 is 5.32 Å². The zero-order valence-electron chi connectivity index (χ0n) is 15.7. The number of hydrogen-bond donors (Lipinski definition) is 1. The Balaban J connectivity index is 1.74. The van der Waals surface area contributed by atoms with E-state index in [0.29, 0.717) is 38.7 Å². The number of aryl methyl sites for hydroxylation is 3. The van der Waals surface area contributed by atoms with Gasteiger partial charge in [-0.05, 0) is 51.1 Å². The molecule has 0 aliphatic rings. The standard InChI is InChI=1S/C21H18N4O2S/c1-12-19(28-14(3)22-12)20(26)24-15-7-6-8-16(11-15)25-13(2)23-18-10-5-4-9-17(18)21(25)27/h4-11H,1-3H3,(H,24,26). The Kier molecular flexibility index (Phi) is 4.52. The minimum Gasteiger partial charge on any atom is -0.321 e. The van der Waals surface area contributed by atoms with E-state index in [1.807, 2.05) is 38.1 Å². The SMILES string of the molecule is Cc1nc(C)c(C(=O)Nc2cccc(-n3c(C)nc4ccccc4c3=O)c2)s1. The van der Waals surface area contributed by atoms with Crippen LogP contribution in [0, 0.1) is 20.8 Å². The molecule has 6 nitrogen and oxygen atoms in total. The van der Waals surface area contributed by atoms with Crippen molar-refractivity contribution in [2.75, 3.05) is 5.32 Å². The lowest BCUT2D eigenvalue weighted by atomic mass is 10.2. The normalized spacial score (nSPS) is 11.0. The summed E-state index contributed by atoms with van der Waals surface area (Å²) in [6.45, 7) is 5.48. The summed E-state index contributed by atoms with van der Waals surface area (Å²) < 4.78 is 1.56. The van der Waals surface area contributed by atoms with Crippen LogP contribution in [0.3, 0.4) is 0 Å². The molecule has 0 saturated heterocycles. The van der Waals surface area contributed by atoms with Crippen molar-refractivity contribution >= 4 is 33.8 Å². The summed E-state index contributed by atoms with van der Waals surface area (Å²) in [6.07, 6.45) is 0. The molecule has 140 valence electrons. The summed E-state index contributed by atoms with van der Waals surface area (Å²) in [5.41, 5.74) is 2.49. The van der Waals surface area contributed by atoms with Crippen LogP contribution in [0.25, 0.3) is 16.6 Å². The highest BCUT2D eigenvalue weighted by Gasteiger charge is 2.15. The Bertz CT molecular complexity index is 1270. The molecule has 0 spiro atoms. The quantitative estimate of drug-likeness (QED) is 0.573. The van der Waals surface area contributed by atoms with Crippen LogP contribution in [-0.4, -0.2) is 20.4 Å². The number of para-hydroxylation sites is 1. The molecule has 0 aliphatic carbocycles. The maximum Gasteiger partial charge on any atom is 0.267 e. The maximum absolute atomic E-state index is 13.0. The van der Waals surface area contributed by atoms with Gasteiger partial charge >= 0.3 is 0 Å². The van der Waals surface area contributed by atoms with Crippen molar-refractivity contribution in [1.29, 1.82) is 0 Å². The molecule has 0 unspecified atom stereocenters. The highest BCUT2D eigenvalue weighted by Crippen LogP contribution is 2.21. The lowest BCUT2D eigenvalue weighted by molar-refractivity contribution is 0.103. The van der Waals surface area contributed by atoms with Gasteiger partial charge in [0.1, 0.15) is 10.7 Å². The van der Waals surface area contributed by atoms with Crippen LogP contribution in [-0.2, 0) is 0 Å². The van der Waals surface area contributed by atoms with E-state index in [0.717, 1.165) is 5.01 Å². The van der Waals surface area contributed by atoms with Crippen LogP contribution in [0.1, 0.15) is 26.2 Å². The van der Waals surface area contributed by atoms with Gasteiger partial charge in [-0.2, -0.15) is 0 Å². The molecule has 2 heterocycles. The van der Waals surface area contributed by atoms with E-state index in [2.05, 4.69) is 15.3 Å². The van der Waals surface area contributed by atoms with Crippen LogP contribution in [0.4, 0.5) is 5.69 Å². The average Bonchev–Trinajstić information content (AvgIpc) is 3.00. The third-order valence-corrected chi connectivity index (χ3v) is 5.49. The predicted octanol–water partition coefficient (Wildman–Crippen LogP) is 4.02. The first kappa shape index (κ1) is 18.1. The van der Waals surface area contributed by atoms with Crippen LogP contribution in [0.5, 0.6) is 0 Å². The molecular weight excluding hydrogens is 372 g/mol. The molecule has 2 aromatic heterocycles. The van der Waals surface area contributed by atoms with E-state index in [4.69, 9.17) is 0 Å². The number of anilines is 1. The largest absolute Gasteiger partial charge is 0.321 e. The van der Waals surface area contributed by atoms with Gasteiger partial charge in [0.05, 0.1) is 27.3 Å². The van der Waals surface area contributed by atoms with Crippen LogP contribution >= 0.6 is 11.3 Å². The second-order valence-electron chi connectivity index (χ2n) is 6.47. The minimum atomic E-state index is -0.207. The molecule has 0 fully saturated rings. The molecule has 0 radical (unpaired) electrons. The maximum atomic E-state index is 13.0. The number of thiazole rings is 1. The Morgan fingerprint density at radius 1 is 1.04 bits per heavy atom. The van der Waals surface area contributed by atoms with E-state index < -0.39 is 0 Å². The average molecular weight is 390 g/mol. The molecule has 4 rings (SSSR count). The fraction of sp³-hybridized carbons (Fsp3) is 0.143. The molecule has 0 bridgehead atoms. The fourth-order valence-electron chi connectivity index (χ4n) is 3.20. The monoisotopic (exact) mass is 390 g/mol. The number of hydrogen-bond acceptors (Lipinski definition) is 5. The zero-order chi connectivity index (χ0) is 19.8. The number of nitrogens with one attached hydrogen (secondary N) is 1. The second-order valence-corrected chi connectivity index (χ2v) is 7.67. The fourth-order valence-corrected chi connectivity index (χ4v) is 4.02. The van der Waals surface area contributed by atoms with Crippen LogP contribution in [0.15, 0.2) is 53.3 Å². The molecule has 28 heavy (non-hydrogen) atoms. The van der Waals surface area contributed by atoms with Crippen molar-refractivity contribution in [3.05, 3.63) is 80.3 Å². The van der Waals surface area contributed by atoms with Crippen LogP contribution in [0.2, 0.25) is 0 Å². The molecule has 0 saturated carbocycles. The van der Waals surface area contributed by atoms with Gasteiger partial charge in [0.25, 0.3) is 11.5 Å². The smallest absolute Gasteiger partial charge is 0.267 e. The number of rotatable bonds is 3. The summed E-state index contributed by atoms with van der Waals surface area (Å²) in [5, 5.41) is 4.30. The summed E-state index contributed by atoms with van der Waals surface area (Å²) in [5.74, 6) is 0.377. The van der Waals surface area contributed by atoms with Crippen molar-refractivity contribution in [2.45, 2.75) is 20.8 Å². The predicted molar refractivity (Wildman–Crippen MR) is 112 cm³/mol. The molecule has 2 aromatic carbocycles. The highest BCUT2D eigenvalue weighted by atomic mass is 32.1. The number of fused-ring (bicyclic) bond motifs is 1. The number of benzene rings is 2. The highest BCUT2D eigenvalue weighted by molar-refractivity contribution is 7.13. The van der Waals surface area contributed by atoms with E-state index in [1.54, 1.807) is 35.8 Å². The van der Waals surface area contributed by atoms with Gasteiger partial charge in [0.15, 0.2) is 0 Å². The van der Waals surface area contributed by atoms with E-state index >= 15 is 0 Å². The first-order valence-electron chi connectivity index (χ1n) is 8.78. The Hall–Kier alpha value is -3.32. The first-order valence-corrected chi connectivity index (χ1v) is 9.60. The van der Waals surface area contributed by atoms with Gasteiger partial charge in [-0.25, -0.2) is 9.97 Å². The van der Waals surface area contributed by atoms with E-state index in [-0.39, 0.29) is 11.5 Å². The molecule has 1 amide bonds. The number of carbonyl (C=O) groups is 1. The van der Waals surface area contributed by atoms with Crippen molar-refractivity contribution < 1.29 is 4.79 Å². The Morgan fingerprint density at radius 2 is 1.82 bits per heavy atom. The summed E-state index contributed by atoms with van der Waals surface area (Å²) in [6, 6.07) is 14.5. The Morgan fingerprint density at radius 3 is 2.57 bits per heavy atom. The number of nitrogens with zero attached hydrogens (tertiary/aromatic N) is 3. The number of aromatic nitrogens is 3. The van der Waals surface area contributed by atoms with Gasteiger partial charge in [-0.1, -0.05) is 18.2 Å².